The van der Waals surface area contributed by atoms with Crippen molar-refractivity contribution in [3.05, 3.63) is 53.1 Å². The quantitative estimate of drug-likeness (QED) is 0.756. The number of para-hydroxylation sites is 1. The van der Waals surface area contributed by atoms with E-state index in [-0.39, 0.29) is 28.1 Å². The Hall–Kier alpha value is -2.54. The van der Waals surface area contributed by atoms with Crippen LogP contribution in [0.4, 0.5) is 5.69 Å². The van der Waals surface area contributed by atoms with Crippen molar-refractivity contribution in [2.24, 2.45) is 0 Å². The number of carbonyl (C=O) groups excluding carboxylic acids is 1. The van der Waals surface area contributed by atoms with Gasteiger partial charge in [-0.05, 0) is 62.6 Å². The Balaban J connectivity index is 2.40. The summed E-state index contributed by atoms with van der Waals surface area (Å²) in [6, 6.07) is 9.81. The lowest BCUT2D eigenvalue weighted by Gasteiger charge is -2.17. The SMILES string of the molecule is CC[C@@H](C)NC(=O)c1ccccc1NS(=O)(=O)c1cc(C)c(OC)cc1C. The van der Waals surface area contributed by atoms with Gasteiger partial charge in [-0.1, -0.05) is 19.1 Å². The Morgan fingerprint density at radius 1 is 1.15 bits per heavy atom. The predicted molar refractivity (Wildman–Crippen MR) is 107 cm³/mol. The lowest BCUT2D eigenvalue weighted by Crippen LogP contribution is -2.32. The van der Waals surface area contributed by atoms with Gasteiger partial charge in [0.15, 0.2) is 0 Å². The van der Waals surface area contributed by atoms with Gasteiger partial charge >= 0.3 is 0 Å². The van der Waals surface area contributed by atoms with Gasteiger partial charge in [0.2, 0.25) is 0 Å². The number of methoxy groups -OCH3 is 1. The Labute approximate surface area is 161 Å². The van der Waals surface area contributed by atoms with Crippen LogP contribution in [0, 0.1) is 13.8 Å². The number of hydrogen-bond donors (Lipinski definition) is 2. The van der Waals surface area contributed by atoms with Crippen molar-refractivity contribution in [1.82, 2.24) is 5.32 Å². The van der Waals surface area contributed by atoms with Gasteiger partial charge in [0.1, 0.15) is 5.75 Å². The van der Waals surface area contributed by atoms with Gasteiger partial charge in [0, 0.05) is 6.04 Å². The van der Waals surface area contributed by atoms with Gasteiger partial charge in [-0.25, -0.2) is 8.42 Å². The zero-order valence-corrected chi connectivity index (χ0v) is 17.1. The van der Waals surface area contributed by atoms with Crippen LogP contribution in [0.2, 0.25) is 0 Å². The van der Waals surface area contributed by atoms with Crippen LogP contribution in [0.1, 0.15) is 41.8 Å². The zero-order valence-electron chi connectivity index (χ0n) is 16.3. The third kappa shape index (κ3) is 4.80. The average Bonchev–Trinajstić information content (AvgIpc) is 2.62. The van der Waals surface area contributed by atoms with Crippen molar-refractivity contribution >= 4 is 21.6 Å². The molecule has 146 valence electrons. The summed E-state index contributed by atoms with van der Waals surface area (Å²) in [6.07, 6.45) is 0.782. The Kier molecular flexibility index (Phi) is 6.49. The van der Waals surface area contributed by atoms with E-state index < -0.39 is 10.0 Å². The lowest BCUT2D eigenvalue weighted by molar-refractivity contribution is 0.0940. The molecule has 0 saturated heterocycles. The fraction of sp³-hybridized carbons (Fsp3) is 0.350. The molecule has 0 aliphatic carbocycles. The number of hydrogen-bond acceptors (Lipinski definition) is 4. The van der Waals surface area contributed by atoms with Crippen LogP contribution in [-0.4, -0.2) is 27.5 Å². The van der Waals surface area contributed by atoms with Crippen LogP contribution in [-0.2, 0) is 10.0 Å². The second-order valence-corrected chi connectivity index (χ2v) is 8.17. The van der Waals surface area contributed by atoms with E-state index in [1.165, 1.54) is 0 Å². The summed E-state index contributed by atoms with van der Waals surface area (Å²) in [5, 5.41) is 2.86. The molecule has 2 rings (SSSR count). The van der Waals surface area contributed by atoms with Gasteiger partial charge in [-0.15, -0.1) is 0 Å². The van der Waals surface area contributed by atoms with Crippen LogP contribution < -0.4 is 14.8 Å². The molecule has 2 aromatic carbocycles. The highest BCUT2D eigenvalue weighted by atomic mass is 32.2. The minimum absolute atomic E-state index is 0.00588. The molecule has 1 atom stereocenters. The number of rotatable bonds is 7. The van der Waals surface area contributed by atoms with Crippen molar-refractivity contribution in [3.8, 4) is 5.75 Å². The van der Waals surface area contributed by atoms with Gasteiger partial charge in [-0.3, -0.25) is 9.52 Å². The molecule has 0 aromatic heterocycles. The summed E-state index contributed by atoms with van der Waals surface area (Å²) in [5.74, 6) is 0.310. The van der Waals surface area contributed by atoms with Crippen molar-refractivity contribution in [1.29, 1.82) is 0 Å². The molecule has 0 aliphatic rings. The normalized spacial score (nSPS) is 12.3. The third-order valence-electron chi connectivity index (χ3n) is 4.39. The molecular formula is C20H26N2O4S. The Bertz CT molecular complexity index is 939. The van der Waals surface area contributed by atoms with Crippen LogP contribution in [0.15, 0.2) is 41.3 Å². The second-order valence-electron chi connectivity index (χ2n) is 6.52. The minimum Gasteiger partial charge on any atom is -0.496 e. The highest BCUT2D eigenvalue weighted by Crippen LogP contribution is 2.28. The summed E-state index contributed by atoms with van der Waals surface area (Å²) in [4.78, 5) is 12.7. The highest BCUT2D eigenvalue weighted by Gasteiger charge is 2.22. The molecule has 0 heterocycles. The minimum atomic E-state index is -3.87. The summed E-state index contributed by atoms with van der Waals surface area (Å²) in [6.45, 7) is 7.35. The average molecular weight is 391 g/mol. The molecule has 7 heteroatoms. The van der Waals surface area contributed by atoms with E-state index in [4.69, 9.17) is 4.74 Å². The predicted octanol–water partition coefficient (Wildman–Crippen LogP) is 3.64. The number of benzene rings is 2. The largest absolute Gasteiger partial charge is 0.496 e. The van der Waals surface area contributed by atoms with Gasteiger partial charge < -0.3 is 10.1 Å². The maximum atomic E-state index is 12.9. The van der Waals surface area contributed by atoms with Crippen molar-refractivity contribution in [2.45, 2.75) is 45.1 Å². The monoisotopic (exact) mass is 390 g/mol. The number of sulfonamides is 1. The number of carbonyl (C=O) groups is 1. The van der Waals surface area contributed by atoms with E-state index in [1.54, 1.807) is 57.4 Å². The molecule has 0 unspecified atom stereocenters. The standard InChI is InChI=1S/C20H26N2O4S/c1-6-15(4)21-20(23)16-9-7-8-10-17(16)22-27(24,25)19-12-13(2)18(26-5)11-14(19)3/h7-12,15,22H,6H2,1-5H3,(H,21,23)/t15-/m1/s1. The van der Waals surface area contributed by atoms with Crippen LogP contribution in [0.3, 0.4) is 0 Å². The van der Waals surface area contributed by atoms with Gasteiger partial charge in [-0.2, -0.15) is 0 Å². The first-order chi connectivity index (χ1) is 12.7. The van der Waals surface area contributed by atoms with Crippen molar-refractivity contribution in [2.75, 3.05) is 11.8 Å². The third-order valence-corrected chi connectivity index (χ3v) is 5.90. The first kappa shape index (κ1) is 20.8. The number of aryl methyl sites for hydroxylation is 2. The summed E-state index contributed by atoms with van der Waals surface area (Å²) >= 11 is 0. The molecule has 27 heavy (non-hydrogen) atoms. The Morgan fingerprint density at radius 3 is 2.44 bits per heavy atom. The number of ether oxygens (including phenoxy) is 1. The van der Waals surface area contributed by atoms with E-state index in [1.807, 2.05) is 13.8 Å². The molecule has 0 radical (unpaired) electrons. The molecule has 1 amide bonds. The van der Waals surface area contributed by atoms with E-state index in [9.17, 15) is 13.2 Å². The molecule has 2 aromatic rings. The van der Waals surface area contributed by atoms with Gasteiger partial charge in [0.25, 0.3) is 15.9 Å². The molecule has 0 bridgehead atoms. The van der Waals surface area contributed by atoms with E-state index in [0.717, 1.165) is 6.42 Å². The number of anilines is 1. The molecule has 6 nitrogen and oxygen atoms in total. The zero-order chi connectivity index (χ0) is 20.2. The summed E-state index contributed by atoms with van der Waals surface area (Å²) in [5.41, 5.74) is 1.80. The molecular weight excluding hydrogens is 364 g/mol. The summed E-state index contributed by atoms with van der Waals surface area (Å²) in [7, 11) is -2.33. The van der Waals surface area contributed by atoms with Gasteiger partial charge in [0.05, 0.1) is 23.3 Å². The van der Waals surface area contributed by atoms with E-state index in [2.05, 4.69) is 10.0 Å². The lowest BCUT2D eigenvalue weighted by atomic mass is 10.1. The maximum Gasteiger partial charge on any atom is 0.262 e. The van der Waals surface area contributed by atoms with E-state index in [0.29, 0.717) is 16.9 Å². The first-order valence-electron chi connectivity index (χ1n) is 8.77. The van der Waals surface area contributed by atoms with E-state index >= 15 is 0 Å². The van der Waals surface area contributed by atoms with Crippen LogP contribution in [0.5, 0.6) is 5.75 Å². The first-order valence-corrected chi connectivity index (χ1v) is 10.3. The molecule has 0 fully saturated rings. The van der Waals surface area contributed by atoms with Crippen molar-refractivity contribution < 1.29 is 17.9 Å². The fourth-order valence-electron chi connectivity index (χ4n) is 2.65. The maximum absolute atomic E-state index is 12.9. The number of amides is 1. The number of nitrogens with one attached hydrogen (secondary N) is 2. The van der Waals surface area contributed by atoms with Crippen molar-refractivity contribution in [3.63, 3.8) is 0 Å². The summed E-state index contributed by atoms with van der Waals surface area (Å²) < 4.78 is 33.7. The smallest absolute Gasteiger partial charge is 0.262 e. The fourth-order valence-corrected chi connectivity index (χ4v) is 4.04. The van der Waals surface area contributed by atoms with Crippen LogP contribution in [0.25, 0.3) is 0 Å². The second kappa shape index (κ2) is 8.43. The molecule has 2 N–H and O–H groups in total. The molecule has 0 spiro atoms. The molecule has 0 aliphatic heterocycles. The Morgan fingerprint density at radius 2 is 1.81 bits per heavy atom. The highest BCUT2D eigenvalue weighted by molar-refractivity contribution is 7.92. The topological polar surface area (TPSA) is 84.5 Å². The molecule has 0 saturated carbocycles. The van der Waals surface area contributed by atoms with Crippen LogP contribution >= 0.6 is 0 Å².